The van der Waals surface area contributed by atoms with E-state index < -0.39 is 6.17 Å². The Bertz CT molecular complexity index is 556. The maximum Gasteiger partial charge on any atom is 0.320 e. The first-order valence-corrected chi connectivity index (χ1v) is 5.89. The summed E-state index contributed by atoms with van der Waals surface area (Å²) in [5, 5.41) is 5.34. The van der Waals surface area contributed by atoms with Crippen LogP contribution < -0.4 is 22.1 Å². The lowest BCUT2D eigenvalue weighted by Crippen LogP contribution is -2.37. The predicted octanol–water partition coefficient (Wildman–Crippen LogP) is 2.05. The summed E-state index contributed by atoms with van der Waals surface area (Å²) in [7, 11) is 0. The zero-order chi connectivity index (χ0) is 13.7. The molecule has 98 valence electrons. The molecule has 0 aliphatic heterocycles. The van der Waals surface area contributed by atoms with Crippen molar-refractivity contribution in [3.05, 3.63) is 60.2 Å². The van der Waals surface area contributed by atoms with Crippen LogP contribution in [0.4, 0.5) is 16.2 Å². The van der Waals surface area contributed by atoms with Crippen LogP contribution in [-0.2, 0) is 0 Å². The van der Waals surface area contributed by atoms with Crippen molar-refractivity contribution in [2.45, 2.75) is 6.17 Å². The highest BCUT2D eigenvalue weighted by Crippen LogP contribution is 2.12. The monoisotopic (exact) mass is 256 g/mol. The van der Waals surface area contributed by atoms with Gasteiger partial charge in [0.25, 0.3) is 0 Å². The molecule has 0 spiro atoms. The molecule has 0 radical (unpaired) electrons. The summed E-state index contributed by atoms with van der Waals surface area (Å²) in [6, 6.07) is 15.9. The molecular weight excluding hydrogens is 240 g/mol. The van der Waals surface area contributed by atoms with Gasteiger partial charge < -0.3 is 22.1 Å². The van der Waals surface area contributed by atoms with Gasteiger partial charge in [-0.2, -0.15) is 0 Å². The van der Waals surface area contributed by atoms with E-state index in [4.69, 9.17) is 11.5 Å². The molecule has 6 N–H and O–H groups in total. The molecular formula is C14H16N4O. The number of para-hydroxylation sites is 1. The number of hydrogen-bond acceptors (Lipinski definition) is 3. The van der Waals surface area contributed by atoms with Crippen LogP contribution in [-0.4, -0.2) is 6.03 Å². The molecule has 0 heterocycles. The third kappa shape index (κ3) is 3.72. The van der Waals surface area contributed by atoms with Crippen LogP contribution in [0.15, 0.2) is 54.6 Å². The second-order valence-electron chi connectivity index (χ2n) is 4.11. The number of nitrogens with one attached hydrogen (secondary N) is 2. The van der Waals surface area contributed by atoms with Crippen LogP contribution in [0.3, 0.4) is 0 Å². The summed E-state index contributed by atoms with van der Waals surface area (Å²) < 4.78 is 0. The minimum absolute atomic E-state index is 0.360. The van der Waals surface area contributed by atoms with E-state index in [9.17, 15) is 4.79 Å². The summed E-state index contributed by atoms with van der Waals surface area (Å²) in [4.78, 5) is 11.7. The largest absolute Gasteiger partial charge is 0.399 e. The summed E-state index contributed by atoms with van der Waals surface area (Å²) in [5.74, 6) is 0. The smallest absolute Gasteiger partial charge is 0.320 e. The molecule has 2 rings (SSSR count). The number of rotatable bonds is 3. The van der Waals surface area contributed by atoms with Crippen LogP contribution in [0, 0.1) is 0 Å². The maximum atomic E-state index is 11.7. The molecule has 0 aliphatic carbocycles. The van der Waals surface area contributed by atoms with Crippen molar-refractivity contribution < 1.29 is 4.79 Å². The van der Waals surface area contributed by atoms with E-state index >= 15 is 0 Å². The summed E-state index contributed by atoms with van der Waals surface area (Å²) >= 11 is 0. The van der Waals surface area contributed by atoms with Gasteiger partial charge in [0, 0.05) is 11.4 Å². The number of carbonyl (C=O) groups is 1. The Hall–Kier alpha value is -2.53. The van der Waals surface area contributed by atoms with E-state index in [1.165, 1.54) is 0 Å². The fourth-order valence-electron chi connectivity index (χ4n) is 1.67. The number of hydrogen-bond donors (Lipinski definition) is 4. The first-order chi connectivity index (χ1) is 9.15. The van der Waals surface area contributed by atoms with Gasteiger partial charge in [-0.25, -0.2) is 4.79 Å². The molecule has 2 aromatic carbocycles. The molecule has 1 atom stereocenters. The van der Waals surface area contributed by atoms with Gasteiger partial charge in [0.05, 0.1) is 0 Å². The zero-order valence-corrected chi connectivity index (χ0v) is 10.3. The molecule has 0 aliphatic rings. The third-order valence-electron chi connectivity index (χ3n) is 2.59. The standard InChI is InChI=1S/C14H16N4O/c15-11-6-4-5-10(9-11)13(16)18-14(19)17-12-7-2-1-3-8-12/h1-9,13H,15-16H2,(H2,17,18,19). The molecule has 5 nitrogen and oxygen atoms in total. The Kier molecular flexibility index (Phi) is 4.00. The fraction of sp³-hybridized carbons (Fsp3) is 0.0714. The average Bonchev–Trinajstić information content (AvgIpc) is 2.39. The molecule has 2 amide bonds. The first-order valence-electron chi connectivity index (χ1n) is 5.89. The van der Waals surface area contributed by atoms with E-state index in [0.717, 1.165) is 5.56 Å². The highest BCUT2D eigenvalue weighted by molar-refractivity contribution is 5.89. The van der Waals surface area contributed by atoms with E-state index in [1.807, 2.05) is 24.3 Å². The third-order valence-corrected chi connectivity index (χ3v) is 2.59. The normalized spacial score (nSPS) is 11.6. The molecule has 0 aromatic heterocycles. The Balaban J connectivity index is 1.95. The Morgan fingerprint density at radius 1 is 1.05 bits per heavy atom. The lowest BCUT2D eigenvalue weighted by Gasteiger charge is -2.15. The van der Waals surface area contributed by atoms with Gasteiger partial charge in [-0.3, -0.25) is 0 Å². The summed E-state index contributed by atoms with van der Waals surface area (Å²) in [5.41, 5.74) is 13.6. The van der Waals surface area contributed by atoms with Crippen molar-refractivity contribution in [1.82, 2.24) is 5.32 Å². The van der Waals surface area contributed by atoms with Crippen molar-refractivity contribution in [2.24, 2.45) is 5.73 Å². The molecule has 0 saturated heterocycles. The Labute approximate surface area is 111 Å². The quantitative estimate of drug-likeness (QED) is 0.500. The number of amides is 2. The molecule has 0 saturated carbocycles. The van der Waals surface area contributed by atoms with Crippen LogP contribution in [0.25, 0.3) is 0 Å². The van der Waals surface area contributed by atoms with E-state index in [-0.39, 0.29) is 6.03 Å². The minimum atomic E-state index is -0.604. The first kappa shape index (κ1) is 12.9. The SMILES string of the molecule is Nc1cccc(C(N)NC(=O)Nc2ccccc2)c1. The molecule has 1 unspecified atom stereocenters. The van der Waals surface area contributed by atoms with Crippen LogP contribution in [0.1, 0.15) is 11.7 Å². The van der Waals surface area contributed by atoms with E-state index in [2.05, 4.69) is 10.6 Å². The number of benzene rings is 2. The number of carbonyl (C=O) groups excluding carboxylic acids is 1. The highest BCUT2D eigenvalue weighted by Gasteiger charge is 2.09. The van der Waals surface area contributed by atoms with Gasteiger partial charge in [0.1, 0.15) is 6.17 Å². The van der Waals surface area contributed by atoms with Crippen molar-refractivity contribution in [3.8, 4) is 0 Å². The second-order valence-corrected chi connectivity index (χ2v) is 4.11. The minimum Gasteiger partial charge on any atom is -0.399 e. The summed E-state index contributed by atoms with van der Waals surface area (Å²) in [6.07, 6.45) is -0.604. The maximum absolute atomic E-state index is 11.7. The van der Waals surface area contributed by atoms with Crippen LogP contribution >= 0.6 is 0 Å². The van der Waals surface area contributed by atoms with Gasteiger partial charge in [0.2, 0.25) is 0 Å². The Morgan fingerprint density at radius 3 is 2.47 bits per heavy atom. The fourth-order valence-corrected chi connectivity index (χ4v) is 1.67. The van der Waals surface area contributed by atoms with Crippen molar-refractivity contribution in [3.63, 3.8) is 0 Å². The Morgan fingerprint density at radius 2 is 1.79 bits per heavy atom. The van der Waals surface area contributed by atoms with Crippen LogP contribution in [0.5, 0.6) is 0 Å². The van der Waals surface area contributed by atoms with E-state index in [1.54, 1.807) is 30.3 Å². The van der Waals surface area contributed by atoms with Gasteiger partial charge >= 0.3 is 6.03 Å². The number of urea groups is 1. The predicted molar refractivity (Wildman–Crippen MR) is 76.4 cm³/mol. The number of nitrogen functional groups attached to an aromatic ring is 1. The van der Waals surface area contributed by atoms with Gasteiger partial charge in [-0.05, 0) is 29.8 Å². The number of anilines is 2. The lowest BCUT2D eigenvalue weighted by molar-refractivity contribution is 0.249. The second kappa shape index (κ2) is 5.88. The molecule has 2 aromatic rings. The molecule has 19 heavy (non-hydrogen) atoms. The zero-order valence-electron chi connectivity index (χ0n) is 10.3. The average molecular weight is 256 g/mol. The number of nitrogens with two attached hydrogens (primary N) is 2. The molecule has 0 bridgehead atoms. The topological polar surface area (TPSA) is 93.2 Å². The lowest BCUT2D eigenvalue weighted by atomic mass is 10.1. The molecule has 0 fully saturated rings. The van der Waals surface area contributed by atoms with Crippen molar-refractivity contribution in [2.75, 3.05) is 11.1 Å². The van der Waals surface area contributed by atoms with E-state index in [0.29, 0.717) is 11.4 Å². The highest BCUT2D eigenvalue weighted by atomic mass is 16.2. The van der Waals surface area contributed by atoms with Crippen molar-refractivity contribution in [1.29, 1.82) is 0 Å². The van der Waals surface area contributed by atoms with Gasteiger partial charge in [-0.15, -0.1) is 0 Å². The van der Waals surface area contributed by atoms with Crippen molar-refractivity contribution >= 4 is 17.4 Å². The van der Waals surface area contributed by atoms with Gasteiger partial charge in [-0.1, -0.05) is 30.3 Å². The summed E-state index contributed by atoms with van der Waals surface area (Å²) in [6.45, 7) is 0. The van der Waals surface area contributed by atoms with Gasteiger partial charge in [0.15, 0.2) is 0 Å². The molecule has 5 heteroatoms. The van der Waals surface area contributed by atoms with Crippen LogP contribution in [0.2, 0.25) is 0 Å².